The molecular formula is C12H14N4OS. The molecule has 18 heavy (non-hydrogen) atoms. The highest BCUT2D eigenvalue weighted by molar-refractivity contribution is 7.15. The van der Waals surface area contributed by atoms with E-state index in [0.29, 0.717) is 5.13 Å². The number of hydrogen-bond donors (Lipinski definition) is 2. The molecule has 1 unspecified atom stereocenters. The summed E-state index contributed by atoms with van der Waals surface area (Å²) in [5.74, 6) is -0.301. The van der Waals surface area contributed by atoms with Gasteiger partial charge in [0.1, 0.15) is 10.5 Å². The van der Waals surface area contributed by atoms with Gasteiger partial charge >= 0.3 is 0 Å². The lowest BCUT2D eigenvalue weighted by atomic mass is 9.92. The van der Waals surface area contributed by atoms with Gasteiger partial charge in [-0.05, 0) is 19.4 Å². The van der Waals surface area contributed by atoms with E-state index >= 15 is 0 Å². The number of carbonyl (C=O) groups excluding carboxylic acids is 1. The van der Waals surface area contributed by atoms with Gasteiger partial charge < -0.3 is 5.73 Å². The molecule has 0 aliphatic rings. The zero-order chi connectivity index (χ0) is 13.2. The fourth-order valence-electron chi connectivity index (χ4n) is 1.49. The minimum Gasteiger partial charge on any atom is -0.314 e. The van der Waals surface area contributed by atoms with Crippen LogP contribution in [0.3, 0.4) is 0 Å². The van der Waals surface area contributed by atoms with Crippen molar-refractivity contribution >= 4 is 22.4 Å². The van der Waals surface area contributed by atoms with Crippen molar-refractivity contribution in [2.75, 3.05) is 5.32 Å². The standard InChI is InChI=1S/C12H14N4OS/c1-8-15-16-11(18-8)14-10(17)12(2,13)9-6-4-3-5-7-9/h3-7H,13H2,1-2H3,(H,14,16,17). The molecule has 0 radical (unpaired) electrons. The Morgan fingerprint density at radius 2 is 2.00 bits per heavy atom. The maximum atomic E-state index is 12.1. The molecule has 1 amide bonds. The van der Waals surface area contributed by atoms with Crippen molar-refractivity contribution in [1.82, 2.24) is 10.2 Å². The molecule has 1 atom stereocenters. The molecule has 0 aliphatic carbocycles. The van der Waals surface area contributed by atoms with Gasteiger partial charge in [-0.25, -0.2) is 0 Å². The van der Waals surface area contributed by atoms with E-state index in [1.165, 1.54) is 11.3 Å². The first kappa shape index (κ1) is 12.7. The SMILES string of the molecule is Cc1nnc(NC(=O)C(C)(N)c2ccccc2)s1. The Labute approximate surface area is 109 Å². The molecule has 3 N–H and O–H groups in total. The summed E-state index contributed by atoms with van der Waals surface area (Å²) >= 11 is 1.32. The maximum absolute atomic E-state index is 12.1. The van der Waals surface area contributed by atoms with Crippen LogP contribution in [0.25, 0.3) is 0 Å². The molecule has 2 aromatic rings. The number of amides is 1. The predicted octanol–water partition coefficient (Wildman–Crippen LogP) is 1.66. The highest BCUT2D eigenvalue weighted by Gasteiger charge is 2.30. The third-order valence-corrected chi connectivity index (χ3v) is 3.35. The Hall–Kier alpha value is -1.79. The molecule has 0 fully saturated rings. The number of nitrogens with zero attached hydrogens (tertiary/aromatic N) is 2. The lowest BCUT2D eigenvalue weighted by Gasteiger charge is -2.23. The number of anilines is 1. The van der Waals surface area contributed by atoms with E-state index in [-0.39, 0.29) is 5.91 Å². The second-order valence-electron chi connectivity index (χ2n) is 4.15. The van der Waals surface area contributed by atoms with E-state index in [1.54, 1.807) is 6.92 Å². The molecule has 2 rings (SSSR count). The molecule has 1 aromatic heterocycles. The van der Waals surface area contributed by atoms with Crippen molar-refractivity contribution in [1.29, 1.82) is 0 Å². The molecule has 6 heteroatoms. The molecule has 1 aromatic carbocycles. The largest absolute Gasteiger partial charge is 0.314 e. The van der Waals surface area contributed by atoms with Crippen molar-refractivity contribution in [3.63, 3.8) is 0 Å². The normalized spacial score (nSPS) is 13.9. The molecule has 94 valence electrons. The van der Waals surface area contributed by atoms with Gasteiger partial charge in [-0.3, -0.25) is 10.1 Å². The van der Waals surface area contributed by atoms with Gasteiger partial charge in [0, 0.05) is 0 Å². The Morgan fingerprint density at radius 3 is 2.56 bits per heavy atom. The molecule has 0 spiro atoms. The molecule has 0 bridgehead atoms. The summed E-state index contributed by atoms with van der Waals surface area (Å²) in [5.41, 5.74) is 5.74. The number of aromatic nitrogens is 2. The van der Waals surface area contributed by atoms with Crippen LogP contribution in [0.5, 0.6) is 0 Å². The number of aryl methyl sites for hydroxylation is 1. The fraction of sp³-hybridized carbons (Fsp3) is 0.250. The van der Waals surface area contributed by atoms with Gasteiger partial charge in [0.25, 0.3) is 5.91 Å². The van der Waals surface area contributed by atoms with E-state index in [9.17, 15) is 4.79 Å². The second kappa shape index (κ2) is 4.83. The van der Waals surface area contributed by atoms with Gasteiger partial charge in [0.15, 0.2) is 0 Å². The first-order valence-electron chi connectivity index (χ1n) is 5.46. The van der Waals surface area contributed by atoms with Gasteiger partial charge in [0.05, 0.1) is 0 Å². The van der Waals surface area contributed by atoms with Gasteiger partial charge in [-0.15, -0.1) is 10.2 Å². The highest BCUT2D eigenvalue weighted by atomic mass is 32.1. The Morgan fingerprint density at radius 1 is 1.33 bits per heavy atom. The Kier molecular flexibility index (Phi) is 3.40. The van der Waals surface area contributed by atoms with Crippen molar-refractivity contribution in [2.24, 2.45) is 5.73 Å². The third kappa shape index (κ3) is 2.55. The van der Waals surface area contributed by atoms with Crippen molar-refractivity contribution in [3.8, 4) is 0 Å². The van der Waals surface area contributed by atoms with E-state index < -0.39 is 5.54 Å². The predicted molar refractivity (Wildman–Crippen MR) is 71.3 cm³/mol. The molecule has 0 saturated carbocycles. The number of hydrogen-bond acceptors (Lipinski definition) is 5. The van der Waals surface area contributed by atoms with Crippen LogP contribution >= 0.6 is 11.3 Å². The topological polar surface area (TPSA) is 80.9 Å². The van der Waals surface area contributed by atoms with Crippen LogP contribution in [-0.4, -0.2) is 16.1 Å². The Bertz CT molecular complexity index is 550. The lowest BCUT2D eigenvalue weighted by Crippen LogP contribution is -2.45. The first-order valence-corrected chi connectivity index (χ1v) is 6.28. The van der Waals surface area contributed by atoms with Crippen molar-refractivity contribution in [2.45, 2.75) is 19.4 Å². The molecule has 0 saturated heterocycles. The third-order valence-electron chi connectivity index (χ3n) is 2.59. The minimum atomic E-state index is -1.10. The summed E-state index contributed by atoms with van der Waals surface area (Å²) in [4.78, 5) is 12.1. The van der Waals surface area contributed by atoms with Crippen LogP contribution < -0.4 is 11.1 Å². The number of nitrogens with two attached hydrogens (primary N) is 1. The van der Waals surface area contributed by atoms with Crippen LogP contribution in [0.1, 0.15) is 17.5 Å². The zero-order valence-electron chi connectivity index (χ0n) is 10.2. The average Bonchev–Trinajstić information content (AvgIpc) is 2.76. The molecule has 0 aliphatic heterocycles. The van der Waals surface area contributed by atoms with Crippen LogP contribution in [0, 0.1) is 6.92 Å². The fourth-order valence-corrected chi connectivity index (χ4v) is 2.08. The van der Waals surface area contributed by atoms with E-state index in [2.05, 4.69) is 15.5 Å². The first-order chi connectivity index (χ1) is 8.50. The van der Waals surface area contributed by atoms with E-state index in [1.807, 2.05) is 37.3 Å². The van der Waals surface area contributed by atoms with E-state index in [4.69, 9.17) is 5.73 Å². The second-order valence-corrected chi connectivity index (χ2v) is 5.33. The van der Waals surface area contributed by atoms with Crippen LogP contribution in [0.4, 0.5) is 5.13 Å². The molecular weight excluding hydrogens is 248 g/mol. The van der Waals surface area contributed by atoms with Gasteiger partial charge in [0.2, 0.25) is 5.13 Å². The van der Waals surface area contributed by atoms with Crippen molar-refractivity contribution in [3.05, 3.63) is 40.9 Å². The molecule has 1 heterocycles. The van der Waals surface area contributed by atoms with Crippen LogP contribution in [0.2, 0.25) is 0 Å². The highest BCUT2D eigenvalue weighted by Crippen LogP contribution is 2.21. The van der Waals surface area contributed by atoms with Crippen molar-refractivity contribution < 1.29 is 4.79 Å². The summed E-state index contributed by atoms with van der Waals surface area (Å²) in [6.45, 7) is 3.50. The number of nitrogens with one attached hydrogen (secondary N) is 1. The van der Waals surface area contributed by atoms with Gasteiger partial charge in [-0.1, -0.05) is 41.7 Å². The van der Waals surface area contributed by atoms with Crippen LogP contribution in [-0.2, 0) is 10.3 Å². The average molecular weight is 262 g/mol. The van der Waals surface area contributed by atoms with E-state index in [0.717, 1.165) is 10.6 Å². The summed E-state index contributed by atoms with van der Waals surface area (Å²) in [7, 11) is 0. The maximum Gasteiger partial charge on any atom is 0.250 e. The Balaban J connectivity index is 2.18. The molecule has 5 nitrogen and oxygen atoms in total. The minimum absolute atomic E-state index is 0.301. The summed E-state index contributed by atoms with van der Waals surface area (Å²) in [5, 5.41) is 11.6. The van der Waals surface area contributed by atoms with Crippen LogP contribution in [0.15, 0.2) is 30.3 Å². The summed E-state index contributed by atoms with van der Waals surface area (Å²) in [6.07, 6.45) is 0. The quantitative estimate of drug-likeness (QED) is 0.881. The summed E-state index contributed by atoms with van der Waals surface area (Å²) < 4.78 is 0. The monoisotopic (exact) mass is 262 g/mol. The summed E-state index contributed by atoms with van der Waals surface area (Å²) in [6, 6.07) is 9.23. The zero-order valence-corrected chi connectivity index (χ0v) is 11.0. The smallest absolute Gasteiger partial charge is 0.250 e. The lowest BCUT2D eigenvalue weighted by molar-refractivity contribution is -0.120. The number of rotatable bonds is 3. The number of carbonyl (C=O) groups is 1. The van der Waals surface area contributed by atoms with Gasteiger partial charge in [-0.2, -0.15) is 0 Å². The number of benzene rings is 1.